The van der Waals surface area contributed by atoms with E-state index < -0.39 is 93.9 Å². The number of amides is 6. The minimum atomic E-state index is -4.91. The molecule has 1 saturated heterocycles. The van der Waals surface area contributed by atoms with E-state index in [4.69, 9.17) is 4.74 Å². The topological polar surface area (TPSA) is 175 Å². The quantitative estimate of drug-likeness (QED) is 0.357. The number of ether oxygens (including phenoxy) is 1. The van der Waals surface area contributed by atoms with Crippen molar-refractivity contribution in [1.29, 1.82) is 0 Å². The van der Waals surface area contributed by atoms with Gasteiger partial charge in [-0.2, -0.15) is 13.2 Å². The van der Waals surface area contributed by atoms with Crippen LogP contribution in [0.5, 0.6) is 0 Å². The Hall–Kier alpha value is -4.61. The Morgan fingerprint density at radius 2 is 1.92 bits per heavy atom. The molecule has 5 aliphatic rings. The van der Waals surface area contributed by atoms with Crippen LogP contribution in [0.2, 0.25) is 0 Å². The summed E-state index contributed by atoms with van der Waals surface area (Å²) in [4.78, 5) is 71.1. The summed E-state index contributed by atoms with van der Waals surface area (Å²) >= 11 is 0. The normalized spacial score (nSPS) is 28.4. The molecule has 3 N–H and O–H groups in total. The van der Waals surface area contributed by atoms with E-state index in [0.29, 0.717) is 19.3 Å². The maximum atomic E-state index is 14.0. The van der Waals surface area contributed by atoms with Crippen LogP contribution in [0.4, 0.5) is 22.8 Å². The Kier molecular flexibility index (Phi) is 9.58. The molecule has 3 heterocycles. The molecule has 0 spiro atoms. The van der Waals surface area contributed by atoms with E-state index in [1.54, 1.807) is 6.08 Å². The molecule has 2 saturated carbocycles. The number of alkyl halides is 3. The minimum Gasteiger partial charge on any atom is -0.444 e. The molecule has 1 aromatic rings. The summed E-state index contributed by atoms with van der Waals surface area (Å²) in [5.74, 6) is -3.91. The second-order valence-corrected chi connectivity index (χ2v) is 15.7. The first kappa shape index (κ1) is 36.2. The lowest BCUT2D eigenvalue weighted by Gasteiger charge is -2.31. The molecule has 18 heteroatoms. The van der Waals surface area contributed by atoms with Crippen molar-refractivity contribution < 1.29 is 50.3 Å². The van der Waals surface area contributed by atoms with Crippen molar-refractivity contribution in [3.63, 3.8) is 0 Å². The number of fused-ring (bicyclic) bond motifs is 3. The van der Waals surface area contributed by atoms with Gasteiger partial charge in [0, 0.05) is 32.5 Å². The highest BCUT2D eigenvalue weighted by molar-refractivity contribution is 7.91. The van der Waals surface area contributed by atoms with Gasteiger partial charge in [0.15, 0.2) is 0 Å². The molecular weight excluding hydrogens is 697 g/mol. The van der Waals surface area contributed by atoms with E-state index in [-0.39, 0.29) is 32.5 Å². The van der Waals surface area contributed by atoms with Crippen molar-refractivity contribution in [3.05, 3.63) is 53.6 Å². The predicted octanol–water partition coefficient (Wildman–Crippen LogP) is 2.16. The fourth-order valence-electron chi connectivity index (χ4n) is 6.82. The largest absolute Gasteiger partial charge is 0.444 e. The Bertz CT molecular complexity index is 1780. The van der Waals surface area contributed by atoms with Crippen molar-refractivity contribution >= 4 is 45.9 Å². The Labute approximate surface area is 292 Å². The first-order valence-electron chi connectivity index (χ1n) is 16.6. The number of nitrogens with one attached hydrogen (secondary N) is 3. The van der Waals surface area contributed by atoms with Gasteiger partial charge in [0.25, 0.3) is 5.91 Å². The second-order valence-electron chi connectivity index (χ2n) is 13.7. The smallest absolute Gasteiger partial charge is 0.410 e. The molecule has 51 heavy (non-hydrogen) atoms. The molecule has 3 fully saturated rings. The van der Waals surface area contributed by atoms with Crippen LogP contribution in [-0.2, 0) is 42.2 Å². The van der Waals surface area contributed by atoms with Gasteiger partial charge in [-0.3, -0.25) is 24.0 Å². The van der Waals surface area contributed by atoms with E-state index in [0.717, 1.165) is 26.5 Å². The first-order chi connectivity index (χ1) is 24.0. The fourth-order valence-corrected chi connectivity index (χ4v) is 8.18. The zero-order valence-corrected chi connectivity index (χ0v) is 28.6. The van der Waals surface area contributed by atoms with Crippen LogP contribution in [0.15, 0.2) is 36.9 Å². The van der Waals surface area contributed by atoms with Gasteiger partial charge >= 0.3 is 18.3 Å². The van der Waals surface area contributed by atoms with E-state index in [1.807, 2.05) is 29.0 Å². The summed E-state index contributed by atoms with van der Waals surface area (Å²) in [5.41, 5.74) is 0.872. The zero-order valence-electron chi connectivity index (χ0n) is 27.8. The lowest BCUT2D eigenvalue weighted by atomic mass is 10.0. The van der Waals surface area contributed by atoms with E-state index in [2.05, 4.69) is 17.2 Å². The van der Waals surface area contributed by atoms with Gasteiger partial charge in [0.05, 0.1) is 24.8 Å². The lowest BCUT2D eigenvalue weighted by Crippen LogP contribution is -2.59. The molecule has 3 aliphatic heterocycles. The Morgan fingerprint density at radius 3 is 2.59 bits per heavy atom. The number of hydrogen-bond donors (Lipinski definition) is 3. The maximum absolute atomic E-state index is 14.0. The van der Waals surface area contributed by atoms with Gasteiger partial charge in [0.1, 0.15) is 23.7 Å². The Balaban J connectivity index is 1.29. The molecule has 6 rings (SSSR count). The molecule has 276 valence electrons. The summed E-state index contributed by atoms with van der Waals surface area (Å²) in [6.07, 6.45) is -2.87. The zero-order chi connectivity index (χ0) is 36.9. The predicted molar refractivity (Wildman–Crippen MR) is 175 cm³/mol. The van der Waals surface area contributed by atoms with Crippen LogP contribution in [-0.4, -0.2) is 108 Å². The number of halogens is 3. The summed E-state index contributed by atoms with van der Waals surface area (Å²) in [6.45, 7) is 3.68. The summed E-state index contributed by atoms with van der Waals surface area (Å²) in [7, 11) is -2.64. The molecule has 6 amide bonds. The number of rotatable bonds is 7. The van der Waals surface area contributed by atoms with Crippen LogP contribution in [0.1, 0.15) is 55.2 Å². The lowest BCUT2D eigenvalue weighted by molar-refractivity contribution is -0.155. The van der Waals surface area contributed by atoms with Crippen LogP contribution in [0.25, 0.3) is 6.08 Å². The SMILES string of the molecule is C=C[C@@H]1C[C@]1(NC(=O)[C@@H]1C[C@@H]2CN1C(=O)[C@H](CC(F)(F)F)NC(=O)N(C)CCC=Cc1cccc3c1CN(C3)C(=O)O2)C(=O)NS(=O)(=O)C1CC1. The van der Waals surface area contributed by atoms with E-state index in [1.165, 1.54) is 18.0 Å². The van der Waals surface area contributed by atoms with Crippen molar-refractivity contribution in [1.82, 2.24) is 30.1 Å². The first-order valence-corrected chi connectivity index (χ1v) is 18.2. The summed E-state index contributed by atoms with van der Waals surface area (Å²) < 4.78 is 74.3. The fraction of sp³-hybridized carbons (Fsp3) is 0.545. The molecule has 2 aliphatic carbocycles. The molecule has 0 radical (unpaired) electrons. The molecule has 0 unspecified atom stereocenters. The third-order valence-electron chi connectivity index (χ3n) is 9.95. The number of nitrogens with zero attached hydrogens (tertiary/aromatic N) is 3. The highest BCUT2D eigenvalue weighted by atomic mass is 32.2. The molecular formula is C33H39F3N6O8S. The van der Waals surface area contributed by atoms with Gasteiger partial charge in [-0.05, 0) is 42.4 Å². The van der Waals surface area contributed by atoms with Crippen LogP contribution >= 0.6 is 0 Å². The van der Waals surface area contributed by atoms with Gasteiger partial charge in [-0.15, -0.1) is 6.58 Å². The third-order valence-corrected chi connectivity index (χ3v) is 11.8. The maximum Gasteiger partial charge on any atom is 0.410 e. The van der Waals surface area contributed by atoms with Crippen molar-refractivity contribution in [2.45, 2.75) is 86.8 Å². The molecule has 14 nitrogen and oxygen atoms in total. The van der Waals surface area contributed by atoms with E-state index in [9.17, 15) is 45.6 Å². The average molecular weight is 737 g/mol. The monoisotopic (exact) mass is 736 g/mol. The van der Waals surface area contributed by atoms with Crippen molar-refractivity contribution in [2.75, 3.05) is 20.1 Å². The van der Waals surface area contributed by atoms with Gasteiger partial charge < -0.3 is 25.2 Å². The number of carbonyl (C=O) groups is 5. The molecule has 0 aromatic heterocycles. The number of urea groups is 1. The number of hydrogen-bond acceptors (Lipinski definition) is 8. The standard InChI is InChI=1S/C33H39F3N6O8S/c1-3-21-14-32(21,29(45)39-51(48,49)23-10-11-23)38-27(43)26-13-22-17-42(26)28(44)25(15-33(34,35)36)37-30(46)40(2)12-5-4-7-19-8-6-9-20-16-41(18-24(19)20)31(47)50-22/h3-4,6-9,21-23,25-26H,1,5,10-18H2,2H3,(H,37,46)(H,38,43)(H,39,45)/t21-,22-,25+,26+,32-/m1/s1. The molecule has 5 atom stereocenters. The average Bonchev–Trinajstić information content (AvgIpc) is 3.95. The van der Waals surface area contributed by atoms with Crippen molar-refractivity contribution in [2.24, 2.45) is 5.92 Å². The van der Waals surface area contributed by atoms with E-state index >= 15 is 0 Å². The Morgan fingerprint density at radius 1 is 1.18 bits per heavy atom. The third kappa shape index (κ3) is 7.69. The number of carbonyl (C=O) groups excluding carboxylic acids is 5. The van der Waals surface area contributed by atoms with Crippen LogP contribution in [0.3, 0.4) is 0 Å². The molecule has 1 aromatic carbocycles. The second kappa shape index (κ2) is 13.5. The van der Waals surface area contributed by atoms with Gasteiger partial charge in [-0.1, -0.05) is 36.4 Å². The number of benzene rings is 1. The van der Waals surface area contributed by atoms with Gasteiger partial charge in [-0.25, -0.2) is 18.0 Å². The molecule has 4 bridgehead atoms. The van der Waals surface area contributed by atoms with Crippen LogP contribution < -0.4 is 15.4 Å². The van der Waals surface area contributed by atoms with Crippen LogP contribution in [0, 0.1) is 5.92 Å². The number of sulfonamides is 1. The highest BCUT2D eigenvalue weighted by Gasteiger charge is 2.62. The van der Waals surface area contributed by atoms with Gasteiger partial charge in [0.2, 0.25) is 21.8 Å². The summed E-state index contributed by atoms with van der Waals surface area (Å²) in [5, 5.41) is 3.96. The summed E-state index contributed by atoms with van der Waals surface area (Å²) in [6, 6.07) is 0.926. The minimum absolute atomic E-state index is 0.0151. The highest BCUT2D eigenvalue weighted by Crippen LogP contribution is 2.45. The van der Waals surface area contributed by atoms with Crippen molar-refractivity contribution in [3.8, 4) is 0 Å².